The van der Waals surface area contributed by atoms with Gasteiger partial charge in [-0.3, -0.25) is 4.90 Å². The number of nitrogens with zero attached hydrogens (tertiary/aromatic N) is 1. The van der Waals surface area contributed by atoms with E-state index in [9.17, 15) is 4.39 Å². The average Bonchev–Trinajstić information content (AvgIpc) is 2.71. The Kier molecular flexibility index (Phi) is 7.37. The van der Waals surface area contributed by atoms with E-state index in [2.05, 4.69) is 71.6 Å². The van der Waals surface area contributed by atoms with E-state index >= 15 is 0 Å². The second-order valence-corrected chi connectivity index (χ2v) is 6.76. The summed E-state index contributed by atoms with van der Waals surface area (Å²) < 4.78 is 13.2. The summed E-state index contributed by atoms with van der Waals surface area (Å²) >= 11 is 0. The van der Waals surface area contributed by atoms with Crippen LogP contribution in [0.1, 0.15) is 23.1 Å². The topological polar surface area (TPSA) is 3.24 Å². The quantitative estimate of drug-likeness (QED) is 0.455. The maximum absolute atomic E-state index is 13.2. The Morgan fingerprint density at radius 1 is 0.741 bits per heavy atom. The van der Waals surface area contributed by atoms with Crippen molar-refractivity contribution in [3.8, 4) is 0 Å². The molecular formula is C25H26FN. The third kappa shape index (κ3) is 6.84. The SMILES string of the molecule is Fc1ccc(CN(CC=Cc2ccccc2)CCCc2ccccc2)cc1. The van der Waals surface area contributed by atoms with E-state index < -0.39 is 0 Å². The number of aryl methyl sites for hydroxylation is 1. The highest BCUT2D eigenvalue weighted by molar-refractivity contribution is 5.48. The molecule has 0 spiro atoms. The van der Waals surface area contributed by atoms with Crippen LogP contribution in [0.2, 0.25) is 0 Å². The van der Waals surface area contributed by atoms with Crippen molar-refractivity contribution in [2.45, 2.75) is 19.4 Å². The van der Waals surface area contributed by atoms with Crippen LogP contribution in [0.4, 0.5) is 4.39 Å². The van der Waals surface area contributed by atoms with Crippen molar-refractivity contribution in [3.63, 3.8) is 0 Å². The number of rotatable bonds is 9. The molecule has 138 valence electrons. The third-order valence-electron chi connectivity index (χ3n) is 4.58. The van der Waals surface area contributed by atoms with Gasteiger partial charge in [0.25, 0.3) is 0 Å². The molecule has 0 heterocycles. The van der Waals surface area contributed by atoms with Crippen LogP contribution in [0.5, 0.6) is 0 Å². The molecule has 0 bridgehead atoms. The standard InChI is InChI=1S/C25H26FN/c26-25-17-15-24(16-18-25)21-27(19-7-13-22-9-3-1-4-10-22)20-8-14-23-11-5-2-6-12-23/h1-7,9-13,15-18H,8,14,19-21H2. The summed E-state index contributed by atoms with van der Waals surface area (Å²) in [7, 11) is 0. The van der Waals surface area contributed by atoms with Gasteiger partial charge in [-0.2, -0.15) is 0 Å². The zero-order chi connectivity index (χ0) is 18.7. The van der Waals surface area contributed by atoms with E-state index in [0.29, 0.717) is 0 Å². The lowest BCUT2D eigenvalue weighted by Gasteiger charge is -2.21. The molecule has 0 aliphatic carbocycles. The molecule has 27 heavy (non-hydrogen) atoms. The Morgan fingerprint density at radius 2 is 1.41 bits per heavy atom. The first kappa shape index (κ1) is 19.1. The maximum atomic E-state index is 13.2. The predicted octanol–water partition coefficient (Wildman–Crippen LogP) is 5.97. The Labute approximate surface area is 161 Å². The second-order valence-electron chi connectivity index (χ2n) is 6.76. The van der Waals surface area contributed by atoms with Crippen LogP contribution in [0.25, 0.3) is 6.08 Å². The molecule has 3 aromatic rings. The first-order chi connectivity index (χ1) is 13.3. The predicted molar refractivity (Wildman–Crippen MR) is 112 cm³/mol. The summed E-state index contributed by atoms with van der Waals surface area (Å²) in [5.41, 5.74) is 3.73. The van der Waals surface area contributed by atoms with Crippen molar-refractivity contribution in [2.24, 2.45) is 0 Å². The zero-order valence-corrected chi connectivity index (χ0v) is 15.6. The van der Waals surface area contributed by atoms with Gasteiger partial charge in [-0.05, 0) is 48.2 Å². The van der Waals surface area contributed by atoms with Gasteiger partial charge in [0.05, 0.1) is 0 Å². The number of halogens is 1. The molecule has 0 amide bonds. The molecule has 0 aliphatic rings. The highest BCUT2D eigenvalue weighted by Crippen LogP contribution is 2.10. The average molecular weight is 359 g/mol. The molecule has 0 atom stereocenters. The summed E-state index contributed by atoms with van der Waals surface area (Å²) in [6.07, 6.45) is 6.55. The molecule has 1 nitrogen and oxygen atoms in total. The molecule has 0 saturated carbocycles. The number of hydrogen-bond donors (Lipinski definition) is 0. The van der Waals surface area contributed by atoms with Crippen LogP contribution in [0.3, 0.4) is 0 Å². The summed E-state index contributed by atoms with van der Waals surface area (Å²) in [6.45, 7) is 2.71. The third-order valence-corrected chi connectivity index (χ3v) is 4.58. The largest absolute Gasteiger partial charge is 0.295 e. The first-order valence-corrected chi connectivity index (χ1v) is 9.52. The Hall–Kier alpha value is -2.71. The minimum atomic E-state index is -0.182. The number of hydrogen-bond acceptors (Lipinski definition) is 1. The Morgan fingerprint density at radius 3 is 2.11 bits per heavy atom. The lowest BCUT2D eigenvalue weighted by molar-refractivity contribution is 0.291. The summed E-state index contributed by atoms with van der Waals surface area (Å²) in [4.78, 5) is 2.41. The van der Waals surface area contributed by atoms with Crippen LogP contribution < -0.4 is 0 Å². The van der Waals surface area contributed by atoms with Gasteiger partial charge >= 0.3 is 0 Å². The fourth-order valence-electron chi connectivity index (χ4n) is 3.14. The Balaban J connectivity index is 1.58. The molecule has 0 aromatic heterocycles. The van der Waals surface area contributed by atoms with Crippen molar-refractivity contribution >= 4 is 6.08 Å². The fraction of sp³-hybridized carbons (Fsp3) is 0.200. The van der Waals surface area contributed by atoms with Crippen LogP contribution in [0.15, 0.2) is 91.0 Å². The van der Waals surface area contributed by atoms with Crippen LogP contribution in [0, 0.1) is 5.82 Å². The molecule has 3 aromatic carbocycles. The molecule has 0 unspecified atom stereocenters. The van der Waals surface area contributed by atoms with Crippen LogP contribution >= 0.6 is 0 Å². The van der Waals surface area contributed by atoms with E-state index in [-0.39, 0.29) is 5.82 Å². The normalized spacial score (nSPS) is 11.3. The van der Waals surface area contributed by atoms with Crippen molar-refractivity contribution in [2.75, 3.05) is 13.1 Å². The molecule has 2 heteroatoms. The van der Waals surface area contributed by atoms with E-state index in [1.165, 1.54) is 23.3 Å². The van der Waals surface area contributed by atoms with Crippen LogP contribution in [-0.4, -0.2) is 18.0 Å². The van der Waals surface area contributed by atoms with Crippen molar-refractivity contribution in [3.05, 3.63) is 114 Å². The van der Waals surface area contributed by atoms with Crippen molar-refractivity contribution in [1.82, 2.24) is 4.90 Å². The maximum Gasteiger partial charge on any atom is 0.123 e. The van der Waals surface area contributed by atoms with Gasteiger partial charge in [-0.25, -0.2) is 4.39 Å². The van der Waals surface area contributed by atoms with Crippen molar-refractivity contribution < 1.29 is 4.39 Å². The lowest BCUT2D eigenvalue weighted by atomic mass is 10.1. The van der Waals surface area contributed by atoms with E-state index in [1.54, 1.807) is 0 Å². The highest BCUT2D eigenvalue weighted by Gasteiger charge is 2.05. The van der Waals surface area contributed by atoms with Gasteiger partial charge in [-0.1, -0.05) is 84.9 Å². The van der Waals surface area contributed by atoms with E-state index in [4.69, 9.17) is 0 Å². The molecule has 0 radical (unpaired) electrons. The molecule has 3 rings (SSSR count). The smallest absolute Gasteiger partial charge is 0.123 e. The van der Waals surface area contributed by atoms with Crippen LogP contribution in [-0.2, 0) is 13.0 Å². The molecule has 0 aliphatic heterocycles. The molecular weight excluding hydrogens is 333 g/mol. The molecule has 0 fully saturated rings. The summed E-state index contributed by atoms with van der Waals surface area (Å²) in [5, 5.41) is 0. The summed E-state index contributed by atoms with van der Waals surface area (Å²) in [6, 6.07) is 27.8. The molecule has 0 N–H and O–H groups in total. The molecule has 0 saturated heterocycles. The summed E-state index contributed by atoms with van der Waals surface area (Å²) in [5.74, 6) is -0.182. The fourth-order valence-corrected chi connectivity index (χ4v) is 3.14. The number of benzene rings is 3. The van der Waals surface area contributed by atoms with Crippen molar-refractivity contribution in [1.29, 1.82) is 0 Å². The van der Waals surface area contributed by atoms with Gasteiger partial charge in [-0.15, -0.1) is 0 Å². The lowest BCUT2D eigenvalue weighted by Crippen LogP contribution is -2.25. The second kappa shape index (κ2) is 10.4. The van der Waals surface area contributed by atoms with E-state index in [0.717, 1.165) is 38.0 Å². The van der Waals surface area contributed by atoms with Gasteiger partial charge in [0.15, 0.2) is 0 Å². The van der Waals surface area contributed by atoms with Gasteiger partial charge in [0, 0.05) is 13.1 Å². The van der Waals surface area contributed by atoms with Gasteiger partial charge in [0.2, 0.25) is 0 Å². The highest BCUT2D eigenvalue weighted by atomic mass is 19.1. The first-order valence-electron chi connectivity index (χ1n) is 9.52. The Bertz CT molecular complexity index is 810. The minimum Gasteiger partial charge on any atom is -0.295 e. The zero-order valence-electron chi connectivity index (χ0n) is 15.6. The van der Waals surface area contributed by atoms with E-state index in [1.807, 2.05) is 18.2 Å². The monoisotopic (exact) mass is 359 g/mol. The minimum absolute atomic E-state index is 0.182. The van der Waals surface area contributed by atoms with Gasteiger partial charge in [0.1, 0.15) is 5.82 Å². The van der Waals surface area contributed by atoms with Gasteiger partial charge < -0.3 is 0 Å².